The Balaban J connectivity index is 2.02. The fraction of sp³-hybridized carbons (Fsp3) is 0.462. The SMILES string of the molecule is O=C1c2cc(Br)ccc2CC12CC(O)C(O)C2. The van der Waals surface area contributed by atoms with E-state index < -0.39 is 17.6 Å². The van der Waals surface area contributed by atoms with Gasteiger partial charge in [0.05, 0.1) is 12.2 Å². The van der Waals surface area contributed by atoms with Crippen LogP contribution >= 0.6 is 15.9 Å². The van der Waals surface area contributed by atoms with Gasteiger partial charge in [0.2, 0.25) is 0 Å². The molecule has 2 atom stereocenters. The van der Waals surface area contributed by atoms with Crippen molar-refractivity contribution in [3.8, 4) is 0 Å². The summed E-state index contributed by atoms with van der Waals surface area (Å²) in [6, 6.07) is 5.71. The van der Waals surface area contributed by atoms with Gasteiger partial charge < -0.3 is 10.2 Å². The monoisotopic (exact) mass is 296 g/mol. The van der Waals surface area contributed by atoms with Gasteiger partial charge in [0, 0.05) is 15.5 Å². The Kier molecular flexibility index (Phi) is 2.44. The van der Waals surface area contributed by atoms with Crippen molar-refractivity contribution in [1.29, 1.82) is 0 Å². The lowest BCUT2D eigenvalue weighted by Crippen LogP contribution is -2.25. The van der Waals surface area contributed by atoms with E-state index in [2.05, 4.69) is 15.9 Å². The molecule has 3 rings (SSSR count). The Bertz CT molecular complexity index is 487. The highest BCUT2D eigenvalue weighted by Crippen LogP contribution is 2.49. The largest absolute Gasteiger partial charge is 0.390 e. The van der Waals surface area contributed by atoms with E-state index in [9.17, 15) is 15.0 Å². The van der Waals surface area contributed by atoms with Crippen LogP contribution in [0.4, 0.5) is 0 Å². The van der Waals surface area contributed by atoms with E-state index in [4.69, 9.17) is 0 Å². The molecule has 1 spiro atoms. The van der Waals surface area contributed by atoms with Crippen molar-refractivity contribution in [2.75, 3.05) is 0 Å². The quantitative estimate of drug-likeness (QED) is 0.766. The molecule has 4 heteroatoms. The van der Waals surface area contributed by atoms with E-state index in [0.717, 1.165) is 15.6 Å². The highest BCUT2D eigenvalue weighted by atomic mass is 79.9. The second-order valence-corrected chi connectivity index (χ2v) is 6.05. The molecule has 90 valence electrons. The minimum atomic E-state index is -0.767. The molecule has 2 aliphatic rings. The fourth-order valence-corrected chi connectivity index (χ4v) is 3.49. The standard InChI is InChI=1S/C13H13BrO3/c14-8-2-1-7-4-13(12(17)9(7)3-8)5-10(15)11(16)6-13/h1-3,10-11,15-16H,4-6H2. The number of aliphatic hydroxyl groups excluding tert-OH is 2. The molecule has 2 aliphatic carbocycles. The third kappa shape index (κ3) is 1.58. The van der Waals surface area contributed by atoms with Crippen molar-refractivity contribution < 1.29 is 15.0 Å². The molecule has 0 amide bonds. The van der Waals surface area contributed by atoms with Crippen molar-refractivity contribution >= 4 is 21.7 Å². The van der Waals surface area contributed by atoms with Gasteiger partial charge in [0.1, 0.15) is 0 Å². The maximum Gasteiger partial charge on any atom is 0.169 e. The average molecular weight is 297 g/mol. The molecule has 1 saturated carbocycles. The molecule has 3 nitrogen and oxygen atoms in total. The second kappa shape index (κ2) is 3.64. The number of carbonyl (C=O) groups is 1. The molecule has 2 unspecified atom stereocenters. The number of hydrogen-bond acceptors (Lipinski definition) is 3. The molecule has 1 aromatic rings. The number of fused-ring (bicyclic) bond motifs is 1. The zero-order valence-corrected chi connectivity index (χ0v) is 10.8. The van der Waals surface area contributed by atoms with E-state index in [1.54, 1.807) is 0 Å². The zero-order valence-electron chi connectivity index (χ0n) is 9.19. The van der Waals surface area contributed by atoms with Crippen LogP contribution in [-0.2, 0) is 6.42 Å². The fourth-order valence-electron chi connectivity index (χ4n) is 3.13. The van der Waals surface area contributed by atoms with Crippen molar-refractivity contribution in [3.63, 3.8) is 0 Å². The number of benzene rings is 1. The van der Waals surface area contributed by atoms with Gasteiger partial charge in [-0.05, 0) is 37.0 Å². The summed E-state index contributed by atoms with van der Waals surface area (Å²) in [5.74, 6) is 0.0735. The summed E-state index contributed by atoms with van der Waals surface area (Å²) in [7, 11) is 0. The Morgan fingerprint density at radius 3 is 2.53 bits per heavy atom. The van der Waals surface area contributed by atoms with Crippen LogP contribution in [0.5, 0.6) is 0 Å². The Hall–Kier alpha value is -0.710. The van der Waals surface area contributed by atoms with Crippen LogP contribution in [0.15, 0.2) is 22.7 Å². The average Bonchev–Trinajstić information content (AvgIpc) is 2.69. The number of aliphatic hydroxyl groups is 2. The predicted octanol–water partition coefficient (Wildman–Crippen LogP) is 1.69. The highest BCUT2D eigenvalue weighted by molar-refractivity contribution is 9.10. The smallest absolute Gasteiger partial charge is 0.169 e. The summed E-state index contributed by atoms with van der Waals surface area (Å²) in [5.41, 5.74) is 1.20. The first kappa shape index (κ1) is 11.4. The molecule has 1 aromatic carbocycles. The van der Waals surface area contributed by atoms with Crippen LogP contribution in [-0.4, -0.2) is 28.2 Å². The van der Waals surface area contributed by atoms with Crippen molar-refractivity contribution in [3.05, 3.63) is 33.8 Å². The van der Waals surface area contributed by atoms with E-state index in [1.807, 2.05) is 18.2 Å². The van der Waals surface area contributed by atoms with Gasteiger partial charge in [0.25, 0.3) is 0 Å². The normalized spacial score (nSPS) is 35.6. The minimum absolute atomic E-state index is 0.0735. The number of ketones is 1. The summed E-state index contributed by atoms with van der Waals surface area (Å²) < 4.78 is 0.890. The van der Waals surface area contributed by atoms with Gasteiger partial charge in [-0.15, -0.1) is 0 Å². The first-order chi connectivity index (χ1) is 8.02. The third-order valence-corrected chi connectivity index (χ3v) is 4.46. The van der Waals surface area contributed by atoms with Crippen LogP contribution in [0, 0.1) is 5.41 Å². The lowest BCUT2D eigenvalue weighted by Gasteiger charge is -2.19. The van der Waals surface area contributed by atoms with Crippen LogP contribution in [0.3, 0.4) is 0 Å². The lowest BCUT2D eigenvalue weighted by molar-refractivity contribution is 0.0438. The molecular formula is C13H13BrO3. The third-order valence-electron chi connectivity index (χ3n) is 3.97. The Morgan fingerprint density at radius 1 is 1.24 bits per heavy atom. The van der Waals surface area contributed by atoms with Gasteiger partial charge >= 0.3 is 0 Å². The van der Waals surface area contributed by atoms with Crippen LogP contribution < -0.4 is 0 Å². The number of hydrogen-bond donors (Lipinski definition) is 2. The first-order valence-electron chi connectivity index (χ1n) is 5.71. The molecular weight excluding hydrogens is 284 g/mol. The number of rotatable bonds is 0. The molecule has 2 N–H and O–H groups in total. The molecule has 0 saturated heterocycles. The topological polar surface area (TPSA) is 57.5 Å². The van der Waals surface area contributed by atoms with Crippen LogP contribution in [0.2, 0.25) is 0 Å². The van der Waals surface area contributed by atoms with E-state index in [1.165, 1.54) is 0 Å². The lowest BCUT2D eigenvalue weighted by atomic mass is 9.82. The molecule has 0 bridgehead atoms. The molecule has 1 fully saturated rings. The van der Waals surface area contributed by atoms with Gasteiger partial charge in [-0.1, -0.05) is 22.0 Å². The van der Waals surface area contributed by atoms with E-state index >= 15 is 0 Å². The number of halogens is 1. The molecule has 0 heterocycles. The van der Waals surface area contributed by atoms with Gasteiger partial charge in [-0.3, -0.25) is 4.79 Å². The number of carbonyl (C=O) groups excluding carboxylic acids is 1. The maximum atomic E-state index is 12.4. The van der Waals surface area contributed by atoms with Crippen molar-refractivity contribution in [1.82, 2.24) is 0 Å². The van der Waals surface area contributed by atoms with Crippen molar-refractivity contribution in [2.24, 2.45) is 5.41 Å². The van der Waals surface area contributed by atoms with Crippen molar-refractivity contribution in [2.45, 2.75) is 31.5 Å². The number of Topliss-reactive ketones (excluding diaryl/α,β-unsaturated/α-hetero) is 1. The summed E-state index contributed by atoms with van der Waals surface area (Å²) in [6.45, 7) is 0. The molecule has 0 aliphatic heterocycles. The van der Waals surface area contributed by atoms with Gasteiger partial charge in [-0.2, -0.15) is 0 Å². The summed E-state index contributed by atoms with van der Waals surface area (Å²) >= 11 is 3.36. The Morgan fingerprint density at radius 2 is 1.88 bits per heavy atom. The van der Waals surface area contributed by atoms with Gasteiger partial charge in [0.15, 0.2) is 5.78 Å². The van der Waals surface area contributed by atoms with Crippen LogP contribution in [0.1, 0.15) is 28.8 Å². The minimum Gasteiger partial charge on any atom is -0.390 e. The molecule has 0 radical (unpaired) electrons. The Labute approximate surface area is 108 Å². The second-order valence-electron chi connectivity index (χ2n) is 5.13. The molecule has 0 aromatic heterocycles. The maximum absolute atomic E-state index is 12.4. The van der Waals surface area contributed by atoms with E-state index in [-0.39, 0.29) is 5.78 Å². The first-order valence-corrected chi connectivity index (χ1v) is 6.50. The highest BCUT2D eigenvalue weighted by Gasteiger charge is 2.53. The summed E-state index contributed by atoms with van der Waals surface area (Å²) in [4.78, 5) is 12.4. The zero-order chi connectivity index (χ0) is 12.2. The van der Waals surface area contributed by atoms with E-state index in [0.29, 0.717) is 19.3 Å². The molecule has 17 heavy (non-hydrogen) atoms. The van der Waals surface area contributed by atoms with Crippen LogP contribution in [0.25, 0.3) is 0 Å². The summed E-state index contributed by atoms with van der Waals surface area (Å²) in [5, 5.41) is 19.3. The van der Waals surface area contributed by atoms with Gasteiger partial charge in [-0.25, -0.2) is 0 Å². The predicted molar refractivity (Wildman–Crippen MR) is 65.9 cm³/mol. The summed E-state index contributed by atoms with van der Waals surface area (Å²) in [6.07, 6.45) is -0.144.